The Morgan fingerprint density at radius 3 is 2.65 bits per heavy atom. The number of hydrogen-bond donors (Lipinski definition) is 1. The zero-order valence-corrected chi connectivity index (χ0v) is 10.2. The molecule has 0 atom stereocenters. The number of pyridine rings is 1. The van der Waals surface area contributed by atoms with E-state index >= 15 is 0 Å². The third-order valence-corrected chi connectivity index (χ3v) is 5.38. The number of aromatic nitrogens is 1. The van der Waals surface area contributed by atoms with E-state index in [1.807, 2.05) is 0 Å². The average molecular weight is 253 g/mol. The average Bonchev–Trinajstić information content (AvgIpc) is 3.10. The lowest BCUT2D eigenvalue weighted by Crippen LogP contribution is -2.69. The van der Waals surface area contributed by atoms with Gasteiger partial charge < -0.3 is 5.73 Å². The molecule has 17 heavy (non-hydrogen) atoms. The van der Waals surface area contributed by atoms with Crippen molar-refractivity contribution in [2.24, 2.45) is 11.7 Å². The van der Waals surface area contributed by atoms with Crippen LogP contribution in [0.25, 0.3) is 0 Å². The van der Waals surface area contributed by atoms with Crippen LogP contribution in [0.3, 0.4) is 0 Å². The second-order valence-corrected chi connectivity index (χ2v) is 6.91. The highest BCUT2D eigenvalue weighted by molar-refractivity contribution is 7.89. The lowest BCUT2D eigenvalue weighted by atomic mass is 9.88. The molecule has 2 fully saturated rings. The van der Waals surface area contributed by atoms with Crippen molar-refractivity contribution in [3.05, 3.63) is 24.5 Å². The van der Waals surface area contributed by atoms with Crippen molar-refractivity contribution in [3.8, 4) is 0 Å². The Balaban J connectivity index is 1.78. The van der Waals surface area contributed by atoms with E-state index in [9.17, 15) is 8.42 Å². The van der Waals surface area contributed by atoms with Crippen LogP contribution in [-0.4, -0.2) is 36.3 Å². The van der Waals surface area contributed by atoms with Gasteiger partial charge in [0.05, 0.1) is 0 Å². The summed E-state index contributed by atoms with van der Waals surface area (Å²) in [6, 6.07) is 3.19. The minimum Gasteiger partial charge on any atom is -0.323 e. The van der Waals surface area contributed by atoms with E-state index in [-0.39, 0.29) is 10.4 Å². The van der Waals surface area contributed by atoms with Crippen molar-refractivity contribution in [3.63, 3.8) is 0 Å². The standard InChI is InChI=1S/C11H15N3O2S/c12-11(9-3-4-9)7-14(8-11)17(15,16)10-2-1-5-13-6-10/h1-2,5-6,9H,3-4,7-8,12H2. The Morgan fingerprint density at radius 2 is 2.12 bits per heavy atom. The Labute approximate surface area is 101 Å². The van der Waals surface area contributed by atoms with Gasteiger partial charge in [-0.15, -0.1) is 0 Å². The van der Waals surface area contributed by atoms with E-state index in [4.69, 9.17) is 5.73 Å². The van der Waals surface area contributed by atoms with E-state index in [1.54, 1.807) is 18.3 Å². The van der Waals surface area contributed by atoms with Gasteiger partial charge in [-0.3, -0.25) is 4.98 Å². The Bertz CT molecular complexity index is 519. The Hall–Kier alpha value is -0.980. The number of hydrogen-bond acceptors (Lipinski definition) is 4. The normalized spacial score (nSPS) is 24.3. The van der Waals surface area contributed by atoms with Crippen molar-refractivity contribution in [2.75, 3.05) is 13.1 Å². The molecule has 5 nitrogen and oxygen atoms in total. The highest BCUT2D eigenvalue weighted by Gasteiger charge is 2.53. The monoisotopic (exact) mass is 253 g/mol. The van der Waals surface area contributed by atoms with Crippen LogP contribution in [-0.2, 0) is 10.0 Å². The van der Waals surface area contributed by atoms with Gasteiger partial charge in [0.15, 0.2) is 0 Å². The molecule has 92 valence electrons. The minimum atomic E-state index is -3.39. The summed E-state index contributed by atoms with van der Waals surface area (Å²) in [4.78, 5) is 4.09. The molecule has 2 aliphatic rings. The molecule has 1 aliphatic heterocycles. The number of sulfonamides is 1. The molecule has 1 saturated heterocycles. The highest BCUT2D eigenvalue weighted by atomic mass is 32.2. The first-order valence-corrected chi connectivity index (χ1v) is 7.15. The van der Waals surface area contributed by atoms with Gasteiger partial charge in [-0.2, -0.15) is 4.31 Å². The summed E-state index contributed by atoms with van der Waals surface area (Å²) in [7, 11) is -3.39. The van der Waals surface area contributed by atoms with Gasteiger partial charge in [0.2, 0.25) is 10.0 Å². The van der Waals surface area contributed by atoms with Crippen molar-refractivity contribution < 1.29 is 8.42 Å². The molecule has 1 aromatic rings. The van der Waals surface area contributed by atoms with Gasteiger partial charge in [0.1, 0.15) is 4.90 Å². The molecule has 0 radical (unpaired) electrons. The van der Waals surface area contributed by atoms with Crippen LogP contribution in [0, 0.1) is 5.92 Å². The molecule has 3 rings (SSSR count). The summed E-state index contributed by atoms with van der Waals surface area (Å²) in [6.45, 7) is 0.879. The topological polar surface area (TPSA) is 76.3 Å². The van der Waals surface area contributed by atoms with Gasteiger partial charge in [0, 0.05) is 31.0 Å². The molecule has 0 unspecified atom stereocenters. The maximum atomic E-state index is 12.2. The van der Waals surface area contributed by atoms with Crippen molar-refractivity contribution in [1.29, 1.82) is 0 Å². The quantitative estimate of drug-likeness (QED) is 0.834. The first-order valence-electron chi connectivity index (χ1n) is 5.71. The molecule has 1 aliphatic carbocycles. The van der Waals surface area contributed by atoms with Crippen LogP contribution in [0.2, 0.25) is 0 Å². The number of nitrogens with zero attached hydrogens (tertiary/aromatic N) is 2. The number of rotatable bonds is 3. The Kier molecular flexibility index (Phi) is 2.30. The molecule has 0 spiro atoms. The molecule has 2 N–H and O–H groups in total. The summed E-state index contributed by atoms with van der Waals surface area (Å²) in [6.07, 6.45) is 5.21. The largest absolute Gasteiger partial charge is 0.323 e. The molecule has 6 heteroatoms. The van der Waals surface area contributed by atoms with Gasteiger partial charge in [0.25, 0.3) is 0 Å². The van der Waals surface area contributed by atoms with E-state index in [0.29, 0.717) is 19.0 Å². The zero-order valence-electron chi connectivity index (χ0n) is 9.41. The van der Waals surface area contributed by atoms with E-state index in [0.717, 1.165) is 12.8 Å². The third-order valence-electron chi connectivity index (χ3n) is 3.60. The molecule has 0 amide bonds. The van der Waals surface area contributed by atoms with E-state index < -0.39 is 10.0 Å². The minimum absolute atomic E-state index is 0.248. The van der Waals surface area contributed by atoms with Gasteiger partial charge in [-0.25, -0.2) is 8.42 Å². The second-order valence-electron chi connectivity index (χ2n) is 4.97. The van der Waals surface area contributed by atoms with Gasteiger partial charge in [-0.05, 0) is 30.9 Å². The lowest BCUT2D eigenvalue weighted by molar-refractivity contribution is 0.135. The SMILES string of the molecule is NC1(C2CC2)CN(S(=O)(=O)c2cccnc2)C1. The van der Waals surface area contributed by atoms with Crippen LogP contribution in [0.5, 0.6) is 0 Å². The maximum absolute atomic E-state index is 12.2. The van der Waals surface area contributed by atoms with Crippen molar-refractivity contribution >= 4 is 10.0 Å². The fourth-order valence-corrected chi connectivity index (χ4v) is 3.91. The van der Waals surface area contributed by atoms with Crippen LogP contribution in [0.15, 0.2) is 29.4 Å². The summed E-state index contributed by atoms with van der Waals surface area (Å²) >= 11 is 0. The third kappa shape index (κ3) is 1.76. The molecule has 1 saturated carbocycles. The molecule has 0 aromatic carbocycles. The molecular formula is C11H15N3O2S. The van der Waals surface area contributed by atoms with Crippen molar-refractivity contribution in [2.45, 2.75) is 23.3 Å². The van der Waals surface area contributed by atoms with Crippen LogP contribution in [0.4, 0.5) is 0 Å². The van der Waals surface area contributed by atoms with Crippen LogP contribution < -0.4 is 5.73 Å². The van der Waals surface area contributed by atoms with E-state index in [1.165, 1.54) is 10.5 Å². The summed E-state index contributed by atoms with van der Waals surface area (Å²) < 4.78 is 25.8. The van der Waals surface area contributed by atoms with Gasteiger partial charge >= 0.3 is 0 Å². The van der Waals surface area contributed by atoms with Crippen LogP contribution in [0.1, 0.15) is 12.8 Å². The first kappa shape index (κ1) is 11.1. The number of nitrogens with two attached hydrogens (primary N) is 1. The predicted molar refractivity (Wildman–Crippen MR) is 62.6 cm³/mol. The van der Waals surface area contributed by atoms with E-state index in [2.05, 4.69) is 4.98 Å². The molecular weight excluding hydrogens is 238 g/mol. The second kappa shape index (κ2) is 3.51. The summed E-state index contributed by atoms with van der Waals surface area (Å²) in [5, 5.41) is 0. The molecule has 2 heterocycles. The smallest absolute Gasteiger partial charge is 0.244 e. The van der Waals surface area contributed by atoms with Crippen molar-refractivity contribution in [1.82, 2.24) is 9.29 Å². The summed E-state index contributed by atoms with van der Waals surface area (Å²) in [5.74, 6) is 0.517. The predicted octanol–water partition coefficient (Wildman–Crippen LogP) is 0.193. The summed E-state index contributed by atoms with van der Waals surface area (Å²) in [5.41, 5.74) is 5.87. The fourth-order valence-electron chi connectivity index (χ4n) is 2.35. The van der Waals surface area contributed by atoms with Crippen LogP contribution >= 0.6 is 0 Å². The van der Waals surface area contributed by atoms with Gasteiger partial charge in [-0.1, -0.05) is 0 Å². The molecule has 1 aromatic heterocycles. The first-order chi connectivity index (χ1) is 8.02. The highest BCUT2D eigenvalue weighted by Crippen LogP contribution is 2.44. The zero-order chi connectivity index (χ0) is 12.1. The maximum Gasteiger partial charge on any atom is 0.244 e. The Morgan fingerprint density at radius 1 is 1.41 bits per heavy atom. The lowest BCUT2D eigenvalue weighted by Gasteiger charge is -2.47. The fraction of sp³-hybridized carbons (Fsp3) is 0.545. The molecule has 0 bridgehead atoms.